The molecule has 5 rings (SSSR count). The van der Waals surface area contributed by atoms with Crippen LogP contribution in [0.4, 0.5) is 0 Å². The molecule has 0 aliphatic heterocycles. The van der Waals surface area contributed by atoms with Gasteiger partial charge in [0, 0.05) is 29.0 Å². The molecule has 0 atom stereocenters. The summed E-state index contributed by atoms with van der Waals surface area (Å²) in [6.45, 7) is 4.10. The molecule has 1 amide bonds. The standard InChI is InChI=1S/C27H22ClN5O3/c1-16-4-3-5-19(12-16)25-31-27(36-32-25)22-14-33(26-21(24(22)35)11-6-17(2)30-26)15-23(34)29-13-18-7-9-20(28)10-8-18/h3-12,14H,13,15H2,1-2H3,(H,29,34). The molecule has 0 radical (unpaired) electrons. The summed E-state index contributed by atoms with van der Waals surface area (Å²) in [5.41, 5.74) is 3.79. The quantitative estimate of drug-likeness (QED) is 0.363. The lowest BCUT2D eigenvalue weighted by molar-refractivity contribution is -0.121. The fourth-order valence-electron chi connectivity index (χ4n) is 3.88. The largest absolute Gasteiger partial charge is 0.350 e. The molecule has 3 heterocycles. The van der Waals surface area contributed by atoms with E-state index in [1.165, 1.54) is 0 Å². The van der Waals surface area contributed by atoms with Gasteiger partial charge in [-0.05, 0) is 49.7 Å². The number of fused-ring (bicyclic) bond motifs is 1. The molecule has 8 nitrogen and oxygen atoms in total. The lowest BCUT2D eigenvalue weighted by atomic mass is 10.1. The van der Waals surface area contributed by atoms with E-state index in [9.17, 15) is 9.59 Å². The van der Waals surface area contributed by atoms with Crippen molar-refractivity contribution in [3.63, 3.8) is 0 Å². The average molecular weight is 500 g/mol. The van der Waals surface area contributed by atoms with E-state index >= 15 is 0 Å². The lowest BCUT2D eigenvalue weighted by Gasteiger charge is -2.12. The summed E-state index contributed by atoms with van der Waals surface area (Å²) >= 11 is 5.93. The van der Waals surface area contributed by atoms with E-state index < -0.39 is 0 Å². The Bertz CT molecular complexity index is 1640. The highest BCUT2D eigenvalue weighted by atomic mass is 35.5. The number of halogens is 1. The molecule has 5 aromatic rings. The van der Waals surface area contributed by atoms with E-state index in [0.29, 0.717) is 28.4 Å². The molecule has 0 spiro atoms. The van der Waals surface area contributed by atoms with E-state index in [2.05, 4.69) is 20.4 Å². The van der Waals surface area contributed by atoms with Crippen LogP contribution in [0.5, 0.6) is 0 Å². The van der Waals surface area contributed by atoms with Gasteiger partial charge in [-0.25, -0.2) is 4.98 Å². The Labute approximate surface area is 211 Å². The van der Waals surface area contributed by atoms with E-state index in [1.807, 2.05) is 50.2 Å². The van der Waals surface area contributed by atoms with Crippen molar-refractivity contribution < 1.29 is 9.32 Å². The maximum Gasteiger partial charge on any atom is 0.263 e. The number of nitrogens with zero attached hydrogens (tertiary/aromatic N) is 4. The first-order valence-electron chi connectivity index (χ1n) is 11.3. The van der Waals surface area contributed by atoms with Crippen molar-refractivity contribution in [2.45, 2.75) is 26.9 Å². The van der Waals surface area contributed by atoms with Crippen molar-refractivity contribution in [2.24, 2.45) is 0 Å². The van der Waals surface area contributed by atoms with Crippen LogP contribution in [0.15, 0.2) is 76.2 Å². The number of nitrogens with one attached hydrogen (secondary N) is 1. The predicted molar refractivity (Wildman–Crippen MR) is 138 cm³/mol. The van der Waals surface area contributed by atoms with Gasteiger partial charge in [0.05, 0.1) is 5.39 Å². The van der Waals surface area contributed by atoms with Gasteiger partial charge in [0.1, 0.15) is 17.8 Å². The van der Waals surface area contributed by atoms with Crippen LogP contribution in [-0.2, 0) is 17.9 Å². The van der Waals surface area contributed by atoms with Crippen LogP contribution in [0.3, 0.4) is 0 Å². The highest BCUT2D eigenvalue weighted by Crippen LogP contribution is 2.23. The van der Waals surface area contributed by atoms with Crippen LogP contribution in [0.25, 0.3) is 33.9 Å². The van der Waals surface area contributed by atoms with Crippen LogP contribution >= 0.6 is 11.6 Å². The van der Waals surface area contributed by atoms with Crippen molar-refractivity contribution in [3.05, 3.63) is 98.9 Å². The van der Waals surface area contributed by atoms with Gasteiger partial charge >= 0.3 is 0 Å². The highest BCUT2D eigenvalue weighted by molar-refractivity contribution is 6.30. The number of aromatic nitrogens is 4. The molecule has 0 aliphatic carbocycles. The maximum absolute atomic E-state index is 13.3. The molecule has 0 saturated carbocycles. The average Bonchev–Trinajstić information content (AvgIpc) is 3.35. The minimum Gasteiger partial charge on any atom is -0.350 e. The lowest BCUT2D eigenvalue weighted by Crippen LogP contribution is -2.28. The topological polar surface area (TPSA) is 103 Å². The Morgan fingerprint density at radius 3 is 2.64 bits per heavy atom. The van der Waals surface area contributed by atoms with Crippen molar-refractivity contribution in [3.8, 4) is 22.8 Å². The van der Waals surface area contributed by atoms with Crippen LogP contribution in [0.2, 0.25) is 5.02 Å². The van der Waals surface area contributed by atoms with Crippen LogP contribution in [0, 0.1) is 13.8 Å². The molecular weight excluding hydrogens is 478 g/mol. The zero-order valence-electron chi connectivity index (χ0n) is 19.7. The number of carbonyl (C=O) groups is 1. The molecular formula is C27H22ClN5O3. The summed E-state index contributed by atoms with van der Waals surface area (Å²) in [6.07, 6.45) is 1.55. The second-order valence-corrected chi connectivity index (χ2v) is 8.96. The number of benzene rings is 2. The number of pyridine rings is 2. The molecule has 9 heteroatoms. The summed E-state index contributed by atoms with van der Waals surface area (Å²) in [5.74, 6) is 0.215. The summed E-state index contributed by atoms with van der Waals surface area (Å²) in [7, 11) is 0. The Hall–Kier alpha value is -4.30. The monoisotopic (exact) mass is 499 g/mol. The number of aryl methyl sites for hydroxylation is 2. The van der Waals surface area contributed by atoms with E-state index in [0.717, 1.165) is 22.4 Å². The second-order valence-electron chi connectivity index (χ2n) is 8.52. The first-order chi connectivity index (χ1) is 17.4. The molecule has 0 bridgehead atoms. The Morgan fingerprint density at radius 2 is 1.86 bits per heavy atom. The third kappa shape index (κ3) is 4.89. The molecule has 2 aromatic carbocycles. The third-order valence-electron chi connectivity index (χ3n) is 5.71. The van der Waals surface area contributed by atoms with E-state index in [1.54, 1.807) is 35.0 Å². The van der Waals surface area contributed by atoms with Crippen LogP contribution in [-0.4, -0.2) is 25.6 Å². The fraction of sp³-hybridized carbons (Fsp3) is 0.148. The molecule has 0 fully saturated rings. The molecule has 0 aliphatic rings. The van der Waals surface area contributed by atoms with E-state index in [-0.39, 0.29) is 29.3 Å². The molecule has 0 saturated heterocycles. The van der Waals surface area contributed by atoms with Crippen molar-refractivity contribution in [1.29, 1.82) is 0 Å². The zero-order valence-corrected chi connectivity index (χ0v) is 20.4. The first kappa shape index (κ1) is 23.4. The normalized spacial score (nSPS) is 11.1. The van der Waals surface area contributed by atoms with Crippen molar-refractivity contribution in [2.75, 3.05) is 0 Å². The van der Waals surface area contributed by atoms with Gasteiger partial charge in [0.25, 0.3) is 5.89 Å². The number of hydrogen-bond donors (Lipinski definition) is 1. The smallest absolute Gasteiger partial charge is 0.263 e. The molecule has 3 aromatic heterocycles. The van der Waals surface area contributed by atoms with Gasteiger partial charge < -0.3 is 14.4 Å². The van der Waals surface area contributed by atoms with Crippen LogP contribution < -0.4 is 10.7 Å². The summed E-state index contributed by atoms with van der Waals surface area (Å²) in [5, 5.41) is 7.94. The fourth-order valence-corrected chi connectivity index (χ4v) is 4.01. The Morgan fingerprint density at radius 1 is 1.06 bits per heavy atom. The van der Waals surface area contributed by atoms with Gasteiger partial charge in [-0.2, -0.15) is 4.98 Å². The maximum atomic E-state index is 13.3. The molecule has 36 heavy (non-hydrogen) atoms. The minimum atomic E-state index is -0.297. The van der Waals surface area contributed by atoms with Gasteiger partial charge in [-0.1, -0.05) is 52.7 Å². The zero-order chi connectivity index (χ0) is 25.2. The number of amides is 1. The van der Waals surface area contributed by atoms with Crippen molar-refractivity contribution in [1.82, 2.24) is 25.0 Å². The first-order valence-corrected chi connectivity index (χ1v) is 11.7. The predicted octanol–water partition coefficient (Wildman–Crippen LogP) is 4.70. The van der Waals surface area contributed by atoms with Gasteiger partial charge in [0.15, 0.2) is 0 Å². The van der Waals surface area contributed by atoms with E-state index in [4.69, 9.17) is 16.1 Å². The summed E-state index contributed by atoms with van der Waals surface area (Å²) in [4.78, 5) is 35.1. The van der Waals surface area contributed by atoms with Gasteiger partial charge in [-0.3, -0.25) is 9.59 Å². The number of hydrogen-bond acceptors (Lipinski definition) is 6. The molecule has 180 valence electrons. The van der Waals surface area contributed by atoms with Gasteiger partial charge in [0.2, 0.25) is 17.2 Å². The Balaban J connectivity index is 1.49. The molecule has 1 N–H and O–H groups in total. The number of rotatable bonds is 6. The highest BCUT2D eigenvalue weighted by Gasteiger charge is 2.19. The summed E-state index contributed by atoms with van der Waals surface area (Å²) in [6, 6.07) is 18.4. The minimum absolute atomic E-state index is 0.0489. The SMILES string of the molecule is Cc1cccc(-c2noc(-c3cn(CC(=O)NCc4ccc(Cl)cc4)c4nc(C)ccc4c3=O)n2)c1. The van der Waals surface area contributed by atoms with Gasteiger partial charge in [-0.15, -0.1) is 0 Å². The van der Waals surface area contributed by atoms with Crippen molar-refractivity contribution >= 4 is 28.5 Å². The van der Waals surface area contributed by atoms with Crippen LogP contribution in [0.1, 0.15) is 16.8 Å². The second kappa shape index (κ2) is 9.75. The summed E-state index contributed by atoms with van der Waals surface area (Å²) < 4.78 is 7.10. The molecule has 0 unspecified atom stereocenters. The number of carbonyl (C=O) groups excluding carboxylic acids is 1. The third-order valence-corrected chi connectivity index (χ3v) is 5.96. The Kier molecular flexibility index (Phi) is 6.35.